The Labute approximate surface area is 121 Å². The Hall–Kier alpha value is -2.18. The molecule has 1 rings (SSSR count). The number of carboxylic acids is 1. The second kappa shape index (κ2) is 7.01. The smallest absolute Gasteiger partial charge is 0.326 e. The first-order chi connectivity index (χ1) is 9.70. The highest BCUT2D eigenvalue weighted by molar-refractivity contribution is 5.92. The summed E-state index contributed by atoms with van der Waals surface area (Å²) in [6, 6.07) is -0.190. The Bertz CT molecular complexity index is 547. The summed E-state index contributed by atoms with van der Waals surface area (Å²) in [7, 11) is 0. The van der Waals surface area contributed by atoms with E-state index in [9.17, 15) is 18.4 Å². The first-order valence-corrected chi connectivity index (χ1v) is 6.46. The standard InChI is InChI=1S/C14H18F2N2O3/c1-7(2)4-12(13(19)20)18-14(21)17-11-6-9(15)8(3)5-10(11)16/h5-7,12H,4H2,1-3H3,(H,19,20)(H2,17,18,21)/t12-/m1/s1. The van der Waals surface area contributed by atoms with Gasteiger partial charge in [0.2, 0.25) is 0 Å². The number of halogens is 2. The lowest BCUT2D eigenvalue weighted by molar-refractivity contribution is -0.139. The number of amides is 2. The number of hydrogen-bond donors (Lipinski definition) is 3. The summed E-state index contributed by atoms with van der Waals surface area (Å²) in [5.41, 5.74) is -0.231. The molecule has 21 heavy (non-hydrogen) atoms. The van der Waals surface area contributed by atoms with E-state index in [1.54, 1.807) is 0 Å². The molecule has 0 aliphatic heterocycles. The minimum Gasteiger partial charge on any atom is -0.480 e. The van der Waals surface area contributed by atoms with Crippen molar-refractivity contribution in [3.05, 3.63) is 29.3 Å². The molecule has 0 radical (unpaired) electrons. The summed E-state index contributed by atoms with van der Waals surface area (Å²) in [5.74, 6) is -2.59. The predicted molar refractivity (Wildman–Crippen MR) is 74.1 cm³/mol. The monoisotopic (exact) mass is 300 g/mol. The fourth-order valence-electron chi connectivity index (χ4n) is 1.75. The van der Waals surface area contributed by atoms with Crippen LogP contribution in [0.3, 0.4) is 0 Å². The van der Waals surface area contributed by atoms with Crippen molar-refractivity contribution in [1.82, 2.24) is 5.32 Å². The average Bonchev–Trinajstić information content (AvgIpc) is 2.34. The van der Waals surface area contributed by atoms with Crippen LogP contribution in [0.4, 0.5) is 19.3 Å². The van der Waals surface area contributed by atoms with Crippen LogP contribution in [-0.4, -0.2) is 23.1 Å². The molecule has 0 spiro atoms. The van der Waals surface area contributed by atoms with Crippen molar-refractivity contribution in [2.75, 3.05) is 5.32 Å². The molecule has 0 saturated carbocycles. The minimum absolute atomic E-state index is 0.0555. The fourth-order valence-corrected chi connectivity index (χ4v) is 1.75. The average molecular weight is 300 g/mol. The van der Waals surface area contributed by atoms with Gasteiger partial charge in [0.1, 0.15) is 17.7 Å². The van der Waals surface area contributed by atoms with E-state index in [0.717, 1.165) is 12.1 Å². The first kappa shape index (κ1) is 16.9. The number of carboxylic acid groups (broad SMARTS) is 1. The van der Waals surface area contributed by atoms with Crippen LogP contribution < -0.4 is 10.6 Å². The van der Waals surface area contributed by atoms with Gasteiger partial charge in [0.15, 0.2) is 0 Å². The molecule has 0 unspecified atom stereocenters. The molecule has 116 valence electrons. The lowest BCUT2D eigenvalue weighted by Crippen LogP contribution is -2.43. The second-order valence-electron chi connectivity index (χ2n) is 5.20. The van der Waals surface area contributed by atoms with Crippen LogP contribution in [0.2, 0.25) is 0 Å². The van der Waals surface area contributed by atoms with E-state index >= 15 is 0 Å². The normalized spacial score (nSPS) is 12.1. The molecule has 0 saturated heterocycles. The summed E-state index contributed by atoms with van der Waals surface area (Å²) in [6.45, 7) is 5.01. The molecular formula is C14H18F2N2O3. The van der Waals surface area contributed by atoms with Crippen LogP contribution in [0, 0.1) is 24.5 Å². The number of aryl methyl sites for hydroxylation is 1. The molecule has 0 heterocycles. The summed E-state index contributed by atoms with van der Waals surface area (Å²) in [6.07, 6.45) is 0.230. The topological polar surface area (TPSA) is 78.4 Å². The van der Waals surface area contributed by atoms with Crippen molar-refractivity contribution in [2.45, 2.75) is 33.2 Å². The largest absolute Gasteiger partial charge is 0.480 e. The third kappa shape index (κ3) is 5.02. The molecule has 5 nitrogen and oxygen atoms in total. The van der Waals surface area contributed by atoms with E-state index in [4.69, 9.17) is 5.11 Å². The van der Waals surface area contributed by atoms with Crippen LogP contribution in [0.5, 0.6) is 0 Å². The van der Waals surface area contributed by atoms with E-state index in [2.05, 4.69) is 10.6 Å². The minimum atomic E-state index is -1.19. The van der Waals surface area contributed by atoms with Gasteiger partial charge in [0.05, 0.1) is 5.69 Å². The quantitative estimate of drug-likeness (QED) is 0.782. The second-order valence-corrected chi connectivity index (χ2v) is 5.20. The maximum atomic E-state index is 13.6. The first-order valence-electron chi connectivity index (χ1n) is 6.46. The Morgan fingerprint density at radius 1 is 1.24 bits per heavy atom. The lowest BCUT2D eigenvalue weighted by atomic mass is 10.0. The van der Waals surface area contributed by atoms with E-state index in [1.807, 2.05) is 13.8 Å². The van der Waals surface area contributed by atoms with Gasteiger partial charge in [-0.15, -0.1) is 0 Å². The van der Waals surface area contributed by atoms with Gasteiger partial charge in [-0.3, -0.25) is 0 Å². The van der Waals surface area contributed by atoms with Crippen LogP contribution >= 0.6 is 0 Å². The Kier molecular flexibility index (Phi) is 5.63. The molecular weight excluding hydrogens is 282 g/mol. The van der Waals surface area contributed by atoms with Crippen molar-refractivity contribution in [3.63, 3.8) is 0 Å². The van der Waals surface area contributed by atoms with Crippen molar-refractivity contribution < 1.29 is 23.5 Å². The van der Waals surface area contributed by atoms with Crippen LogP contribution in [-0.2, 0) is 4.79 Å². The van der Waals surface area contributed by atoms with Crippen molar-refractivity contribution >= 4 is 17.7 Å². The fraction of sp³-hybridized carbons (Fsp3) is 0.429. The van der Waals surface area contributed by atoms with Gasteiger partial charge >= 0.3 is 12.0 Å². The SMILES string of the molecule is Cc1cc(F)c(NC(=O)N[C@H](CC(C)C)C(=O)O)cc1F. The number of hydrogen-bond acceptors (Lipinski definition) is 2. The number of nitrogens with one attached hydrogen (secondary N) is 2. The number of benzene rings is 1. The maximum Gasteiger partial charge on any atom is 0.326 e. The molecule has 1 aromatic carbocycles. The van der Waals surface area contributed by atoms with E-state index in [1.165, 1.54) is 6.92 Å². The van der Waals surface area contributed by atoms with Gasteiger partial charge in [0, 0.05) is 6.07 Å². The zero-order valence-electron chi connectivity index (χ0n) is 12.0. The van der Waals surface area contributed by atoms with Gasteiger partial charge in [-0.2, -0.15) is 0 Å². The highest BCUT2D eigenvalue weighted by atomic mass is 19.1. The maximum absolute atomic E-state index is 13.6. The van der Waals surface area contributed by atoms with E-state index in [-0.39, 0.29) is 23.6 Å². The van der Waals surface area contributed by atoms with Gasteiger partial charge in [0.25, 0.3) is 0 Å². The summed E-state index contributed by atoms with van der Waals surface area (Å²) >= 11 is 0. The molecule has 0 aromatic heterocycles. The molecule has 3 N–H and O–H groups in total. The zero-order valence-corrected chi connectivity index (χ0v) is 12.0. The Morgan fingerprint density at radius 3 is 2.38 bits per heavy atom. The summed E-state index contributed by atoms with van der Waals surface area (Å²) in [4.78, 5) is 22.7. The van der Waals surface area contributed by atoms with Crippen LogP contribution in [0.15, 0.2) is 12.1 Å². The molecule has 0 fully saturated rings. The molecule has 1 atom stereocenters. The predicted octanol–water partition coefficient (Wildman–Crippen LogP) is 2.89. The number of carbonyl (C=O) groups is 2. The van der Waals surface area contributed by atoms with Gasteiger partial charge in [-0.05, 0) is 30.9 Å². The summed E-state index contributed by atoms with van der Waals surface area (Å²) < 4.78 is 26.9. The molecule has 0 aliphatic carbocycles. The van der Waals surface area contributed by atoms with Crippen LogP contribution in [0.25, 0.3) is 0 Å². The highest BCUT2D eigenvalue weighted by Crippen LogP contribution is 2.18. The van der Waals surface area contributed by atoms with Crippen molar-refractivity contribution in [2.24, 2.45) is 5.92 Å². The molecule has 1 aromatic rings. The molecule has 0 bridgehead atoms. The number of carbonyl (C=O) groups excluding carboxylic acids is 1. The number of urea groups is 1. The number of rotatable bonds is 5. The molecule has 0 aliphatic rings. The van der Waals surface area contributed by atoms with E-state index in [0.29, 0.717) is 0 Å². The van der Waals surface area contributed by atoms with Gasteiger partial charge < -0.3 is 15.7 Å². The Morgan fingerprint density at radius 2 is 1.86 bits per heavy atom. The number of anilines is 1. The van der Waals surface area contributed by atoms with Crippen molar-refractivity contribution in [1.29, 1.82) is 0 Å². The van der Waals surface area contributed by atoms with Crippen LogP contribution in [0.1, 0.15) is 25.8 Å². The van der Waals surface area contributed by atoms with Crippen molar-refractivity contribution in [3.8, 4) is 0 Å². The van der Waals surface area contributed by atoms with Gasteiger partial charge in [-0.1, -0.05) is 13.8 Å². The number of aliphatic carboxylic acids is 1. The summed E-state index contributed by atoms with van der Waals surface area (Å²) in [5, 5.41) is 13.3. The van der Waals surface area contributed by atoms with Gasteiger partial charge in [-0.25, -0.2) is 18.4 Å². The molecule has 7 heteroatoms. The Balaban J connectivity index is 2.77. The highest BCUT2D eigenvalue weighted by Gasteiger charge is 2.21. The third-order valence-corrected chi connectivity index (χ3v) is 2.81. The lowest BCUT2D eigenvalue weighted by Gasteiger charge is -2.17. The van der Waals surface area contributed by atoms with E-state index < -0.39 is 29.7 Å². The zero-order chi connectivity index (χ0) is 16.2. The molecule has 2 amide bonds. The third-order valence-electron chi connectivity index (χ3n) is 2.81.